The van der Waals surface area contributed by atoms with Gasteiger partial charge in [-0.3, -0.25) is 14.5 Å². The topological polar surface area (TPSA) is 52.7 Å². The molecule has 0 saturated carbocycles. The molecule has 5 heteroatoms. The van der Waals surface area contributed by atoms with Gasteiger partial charge in [-0.25, -0.2) is 0 Å². The highest BCUT2D eigenvalue weighted by Crippen LogP contribution is 2.11. The summed E-state index contributed by atoms with van der Waals surface area (Å²) in [6.45, 7) is 3.15. The van der Waals surface area contributed by atoms with Crippen molar-refractivity contribution in [3.8, 4) is 0 Å². The summed E-state index contributed by atoms with van der Waals surface area (Å²) in [5, 5.41) is 2.87. The first-order valence-corrected chi connectivity index (χ1v) is 8.77. The first-order valence-electron chi connectivity index (χ1n) is 8.77. The number of hydrogen-bond acceptors (Lipinski definition) is 3. The summed E-state index contributed by atoms with van der Waals surface area (Å²) in [5.74, 6) is -0.138. The Balaban J connectivity index is 1.86. The van der Waals surface area contributed by atoms with Gasteiger partial charge in [-0.2, -0.15) is 0 Å². The fourth-order valence-corrected chi connectivity index (χ4v) is 2.65. The van der Waals surface area contributed by atoms with Gasteiger partial charge in [0.2, 0.25) is 5.91 Å². The van der Waals surface area contributed by atoms with Crippen molar-refractivity contribution in [3.05, 3.63) is 65.2 Å². The van der Waals surface area contributed by atoms with Crippen LogP contribution in [0.3, 0.4) is 0 Å². The molecule has 2 aromatic rings. The van der Waals surface area contributed by atoms with Crippen molar-refractivity contribution in [1.82, 2.24) is 9.80 Å². The van der Waals surface area contributed by atoms with Crippen molar-refractivity contribution in [2.24, 2.45) is 0 Å². The molecule has 0 heterocycles. The summed E-state index contributed by atoms with van der Waals surface area (Å²) < 4.78 is 0. The van der Waals surface area contributed by atoms with E-state index < -0.39 is 0 Å². The van der Waals surface area contributed by atoms with Gasteiger partial charge in [0, 0.05) is 31.9 Å². The second kappa shape index (κ2) is 9.15. The predicted molar refractivity (Wildman–Crippen MR) is 105 cm³/mol. The third-order valence-electron chi connectivity index (χ3n) is 4.12. The highest BCUT2D eigenvalue weighted by molar-refractivity contribution is 5.95. The molecule has 0 spiro atoms. The highest BCUT2D eigenvalue weighted by Gasteiger charge is 2.10. The average Bonchev–Trinajstić information content (AvgIpc) is 2.62. The molecular weight excluding hydrogens is 326 g/mol. The van der Waals surface area contributed by atoms with Crippen molar-refractivity contribution >= 4 is 17.5 Å². The third-order valence-corrected chi connectivity index (χ3v) is 4.12. The molecule has 0 unspecified atom stereocenters. The molecule has 2 rings (SSSR count). The third kappa shape index (κ3) is 5.70. The number of nitrogens with zero attached hydrogens (tertiary/aromatic N) is 2. The zero-order valence-corrected chi connectivity index (χ0v) is 16.0. The lowest BCUT2D eigenvalue weighted by Gasteiger charge is -2.17. The minimum Gasteiger partial charge on any atom is -0.345 e. The van der Waals surface area contributed by atoms with Crippen LogP contribution in [0.25, 0.3) is 0 Å². The van der Waals surface area contributed by atoms with Crippen LogP contribution in [0, 0.1) is 0 Å². The van der Waals surface area contributed by atoms with Crippen LogP contribution in [0.1, 0.15) is 28.4 Å². The molecule has 5 nitrogen and oxygen atoms in total. The van der Waals surface area contributed by atoms with Crippen molar-refractivity contribution in [2.75, 3.05) is 33.0 Å². The number of likely N-dealkylation sites (N-methyl/N-ethyl adjacent to an activating group) is 1. The van der Waals surface area contributed by atoms with Crippen LogP contribution in [-0.2, 0) is 17.8 Å². The number of rotatable bonds is 7. The molecule has 0 atom stereocenters. The zero-order valence-electron chi connectivity index (χ0n) is 16.0. The Morgan fingerprint density at radius 2 is 1.46 bits per heavy atom. The molecule has 0 aliphatic heterocycles. The molecule has 0 bridgehead atoms. The van der Waals surface area contributed by atoms with Gasteiger partial charge in [0.25, 0.3) is 5.91 Å². The van der Waals surface area contributed by atoms with Gasteiger partial charge in [-0.15, -0.1) is 0 Å². The molecule has 2 aromatic carbocycles. The van der Waals surface area contributed by atoms with Crippen LogP contribution in [-0.4, -0.2) is 49.3 Å². The Morgan fingerprint density at radius 1 is 0.885 bits per heavy atom. The van der Waals surface area contributed by atoms with E-state index in [1.165, 1.54) is 16.0 Å². The number of carbonyl (C=O) groups excluding carboxylic acids is 2. The van der Waals surface area contributed by atoms with Gasteiger partial charge in [0.15, 0.2) is 0 Å². The first kappa shape index (κ1) is 19.7. The number of anilines is 1. The van der Waals surface area contributed by atoms with E-state index in [-0.39, 0.29) is 11.8 Å². The molecule has 0 aromatic heterocycles. The molecule has 0 aliphatic carbocycles. The van der Waals surface area contributed by atoms with Crippen LogP contribution in [0.2, 0.25) is 0 Å². The lowest BCUT2D eigenvalue weighted by Crippen LogP contribution is -2.29. The molecule has 0 aliphatic rings. The molecule has 0 saturated heterocycles. The second-order valence-electron chi connectivity index (χ2n) is 6.67. The van der Waals surface area contributed by atoms with Gasteiger partial charge < -0.3 is 10.2 Å². The van der Waals surface area contributed by atoms with Gasteiger partial charge in [-0.05, 0) is 48.9 Å². The van der Waals surface area contributed by atoms with E-state index >= 15 is 0 Å². The van der Waals surface area contributed by atoms with Crippen molar-refractivity contribution in [2.45, 2.75) is 19.9 Å². The monoisotopic (exact) mass is 353 g/mol. The van der Waals surface area contributed by atoms with Crippen LogP contribution in [0.15, 0.2) is 48.5 Å². The number of aryl methyl sites for hydroxylation is 1. The molecule has 26 heavy (non-hydrogen) atoms. The number of amides is 2. The maximum atomic E-state index is 12.2. The Hall–Kier alpha value is -2.66. The van der Waals surface area contributed by atoms with Gasteiger partial charge in [-0.1, -0.05) is 31.2 Å². The van der Waals surface area contributed by atoms with Crippen LogP contribution >= 0.6 is 0 Å². The standard InChI is InChI=1S/C21H27N3O2/c1-5-16-6-8-17(9-7-16)14-24(4)15-20(25)22-19-12-10-18(11-13-19)21(26)23(2)3/h6-13H,5,14-15H2,1-4H3,(H,22,25). The van der Waals surface area contributed by atoms with E-state index in [9.17, 15) is 9.59 Å². The fraction of sp³-hybridized carbons (Fsp3) is 0.333. The summed E-state index contributed by atoms with van der Waals surface area (Å²) in [6, 6.07) is 15.4. The summed E-state index contributed by atoms with van der Waals surface area (Å²) in [6.07, 6.45) is 1.03. The molecule has 138 valence electrons. The van der Waals surface area contributed by atoms with Gasteiger partial charge >= 0.3 is 0 Å². The van der Waals surface area contributed by atoms with Crippen molar-refractivity contribution < 1.29 is 9.59 Å². The van der Waals surface area contributed by atoms with E-state index in [0.29, 0.717) is 24.3 Å². The number of nitrogens with one attached hydrogen (secondary N) is 1. The van der Waals surface area contributed by atoms with Crippen molar-refractivity contribution in [3.63, 3.8) is 0 Å². The number of hydrogen-bond donors (Lipinski definition) is 1. The molecule has 2 amide bonds. The first-order chi connectivity index (χ1) is 12.4. The summed E-state index contributed by atoms with van der Waals surface area (Å²) in [4.78, 5) is 27.6. The zero-order chi connectivity index (χ0) is 19.1. The maximum absolute atomic E-state index is 12.2. The van der Waals surface area contributed by atoms with Crippen LogP contribution in [0.4, 0.5) is 5.69 Å². The SMILES string of the molecule is CCc1ccc(CN(C)CC(=O)Nc2ccc(C(=O)N(C)C)cc2)cc1. The highest BCUT2D eigenvalue weighted by atomic mass is 16.2. The minimum atomic E-state index is -0.0793. The lowest BCUT2D eigenvalue weighted by atomic mass is 10.1. The van der Waals surface area contributed by atoms with E-state index in [0.717, 1.165) is 6.42 Å². The average molecular weight is 353 g/mol. The Bertz CT molecular complexity index is 737. The summed E-state index contributed by atoms with van der Waals surface area (Å²) in [5.41, 5.74) is 3.78. The molecular formula is C21H27N3O2. The predicted octanol–water partition coefficient (Wildman–Crippen LogP) is 3.02. The fourth-order valence-electron chi connectivity index (χ4n) is 2.65. The Kier molecular flexibility index (Phi) is 6.92. The number of benzene rings is 2. The maximum Gasteiger partial charge on any atom is 0.253 e. The molecule has 0 radical (unpaired) electrons. The van der Waals surface area contributed by atoms with E-state index in [2.05, 4.69) is 36.5 Å². The number of carbonyl (C=O) groups is 2. The molecule has 0 fully saturated rings. The van der Waals surface area contributed by atoms with Crippen LogP contribution < -0.4 is 5.32 Å². The van der Waals surface area contributed by atoms with E-state index in [4.69, 9.17) is 0 Å². The largest absolute Gasteiger partial charge is 0.345 e. The smallest absolute Gasteiger partial charge is 0.253 e. The normalized spacial score (nSPS) is 10.7. The quantitative estimate of drug-likeness (QED) is 0.832. The Labute approximate surface area is 155 Å². The molecule has 1 N–H and O–H groups in total. The minimum absolute atomic E-state index is 0.0586. The summed E-state index contributed by atoms with van der Waals surface area (Å²) in [7, 11) is 5.35. The van der Waals surface area contributed by atoms with E-state index in [1.807, 2.05) is 11.9 Å². The summed E-state index contributed by atoms with van der Waals surface area (Å²) >= 11 is 0. The lowest BCUT2D eigenvalue weighted by molar-refractivity contribution is -0.117. The van der Waals surface area contributed by atoms with Gasteiger partial charge in [0.05, 0.1) is 6.54 Å². The van der Waals surface area contributed by atoms with Crippen LogP contribution in [0.5, 0.6) is 0 Å². The van der Waals surface area contributed by atoms with E-state index in [1.54, 1.807) is 38.4 Å². The Morgan fingerprint density at radius 3 is 2.00 bits per heavy atom. The van der Waals surface area contributed by atoms with Gasteiger partial charge in [0.1, 0.15) is 0 Å². The second-order valence-corrected chi connectivity index (χ2v) is 6.67. The van der Waals surface area contributed by atoms with Crippen molar-refractivity contribution in [1.29, 1.82) is 0 Å².